The number of halogens is 1. The van der Waals surface area contributed by atoms with Crippen LogP contribution in [0.1, 0.15) is 12.0 Å². The average Bonchev–Trinajstić information content (AvgIpc) is 2.77. The van der Waals surface area contributed by atoms with Crippen molar-refractivity contribution in [3.8, 4) is 0 Å². The largest absolute Gasteiger partial charge is 0.469 e. The molecule has 1 aromatic rings. The molecule has 0 spiro atoms. The molecule has 102 valence electrons. The van der Waals surface area contributed by atoms with E-state index in [9.17, 15) is 9.59 Å². The Morgan fingerprint density at radius 3 is 3.00 bits per heavy atom. The van der Waals surface area contributed by atoms with Gasteiger partial charge in [0.15, 0.2) is 0 Å². The maximum Gasteiger partial charge on any atom is 0.310 e. The quantitative estimate of drug-likeness (QED) is 0.795. The van der Waals surface area contributed by atoms with Gasteiger partial charge in [-0.2, -0.15) is 0 Å². The number of likely N-dealkylation sites (tertiary alicyclic amines) is 1. The van der Waals surface area contributed by atoms with Crippen molar-refractivity contribution in [3.63, 3.8) is 0 Å². The summed E-state index contributed by atoms with van der Waals surface area (Å²) in [5.74, 6) is -0.566. The zero-order chi connectivity index (χ0) is 13.8. The van der Waals surface area contributed by atoms with Crippen molar-refractivity contribution >= 4 is 27.8 Å². The number of hydrogen-bond acceptors (Lipinski definition) is 3. The minimum atomic E-state index is -0.306. The minimum absolute atomic E-state index is 0.0328. The third-order valence-corrected chi connectivity index (χ3v) is 3.80. The van der Waals surface area contributed by atoms with Gasteiger partial charge in [0.05, 0.1) is 13.0 Å². The van der Waals surface area contributed by atoms with Crippen LogP contribution in [-0.4, -0.2) is 37.0 Å². The van der Waals surface area contributed by atoms with Gasteiger partial charge in [-0.25, -0.2) is 0 Å². The lowest BCUT2D eigenvalue weighted by molar-refractivity contribution is -0.145. The summed E-state index contributed by atoms with van der Waals surface area (Å²) in [6, 6.07) is 8.02. The molecule has 1 fully saturated rings. The van der Waals surface area contributed by atoms with E-state index in [0.29, 0.717) is 13.1 Å². The maximum absolute atomic E-state index is 11.8. The average molecular weight is 326 g/mol. The summed E-state index contributed by atoms with van der Waals surface area (Å²) in [5, 5.41) is 0. The molecule has 19 heavy (non-hydrogen) atoms. The number of nitrogens with zero attached hydrogens (tertiary/aromatic N) is 1. The molecule has 0 bridgehead atoms. The number of rotatable bonds is 4. The summed E-state index contributed by atoms with van der Waals surface area (Å²) in [7, 11) is 1.36. The molecule has 0 aromatic heterocycles. The number of methoxy groups -OCH3 is 1. The summed E-state index contributed by atoms with van der Waals surface area (Å²) >= 11 is 3.42. The van der Waals surface area contributed by atoms with Crippen LogP contribution in [0.3, 0.4) is 0 Å². The van der Waals surface area contributed by atoms with E-state index in [0.717, 1.165) is 10.9 Å². The molecule has 1 unspecified atom stereocenters. The highest BCUT2D eigenvalue weighted by Crippen LogP contribution is 2.20. The molecule has 1 saturated heterocycles. The maximum atomic E-state index is 11.8. The molecule has 0 aliphatic carbocycles. The Morgan fingerprint density at radius 1 is 1.53 bits per heavy atom. The van der Waals surface area contributed by atoms with E-state index in [1.54, 1.807) is 4.90 Å². The summed E-state index contributed by atoms with van der Waals surface area (Å²) < 4.78 is 5.72. The van der Waals surface area contributed by atoms with E-state index in [1.807, 2.05) is 24.3 Å². The molecular formula is C14H16BrNO3. The Morgan fingerprint density at radius 2 is 2.32 bits per heavy atom. The van der Waals surface area contributed by atoms with Crippen molar-refractivity contribution in [2.45, 2.75) is 12.8 Å². The molecule has 2 rings (SSSR count). The van der Waals surface area contributed by atoms with Crippen molar-refractivity contribution in [3.05, 3.63) is 34.3 Å². The highest BCUT2D eigenvalue weighted by Gasteiger charge is 2.34. The molecule has 1 aromatic carbocycles. The van der Waals surface area contributed by atoms with Crippen LogP contribution in [0.2, 0.25) is 0 Å². The smallest absolute Gasteiger partial charge is 0.310 e. The third-order valence-electron chi connectivity index (χ3n) is 3.31. The highest BCUT2D eigenvalue weighted by atomic mass is 79.9. The fourth-order valence-corrected chi connectivity index (χ4v) is 2.72. The van der Waals surface area contributed by atoms with Crippen LogP contribution < -0.4 is 0 Å². The zero-order valence-corrected chi connectivity index (χ0v) is 12.4. The van der Waals surface area contributed by atoms with Crippen LogP contribution in [-0.2, 0) is 20.7 Å². The van der Waals surface area contributed by atoms with Gasteiger partial charge in [-0.15, -0.1) is 0 Å². The molecule has 1 amide bonds. The molecule has 1 aliphatic rings. The van der Waals surface area contributed by atoms with Crippen molar-refractivity contribution in [2.75, 3.05) is 20.2 Å². The number of hydrogen-bond donors (Lipinski definition) is 0. The van der Waals surface area contributed by atoms with Gasteiger partial charge in [-0.1, -0.05) is 28.1 Å². The monoisotopic (exact) mass is 325 g/mol. The number of benzene rings is 1. The first-order valence-corrected chi connectivity index (χ1v) is 6.99. The standard InChI is InChI=1S/C14H16BrNO3/c1-19-14(18)11-8-13(17)16(9-11)6-5-10-3-2-4-12(15)7-10/h2-4,7,11H,5-6,8-9H2,1H3. The Balaban J connectivity index is 1.90. The Kier molecular flexibility index (Phi) is 4.58. The molecule has 4 nitrogen and oxygen atoms in total. The Hall–Kier alpha value is -1.36. The number of carbonyl (C=O) groups excluding carboxylic acids is 2. The second-order valence-electron chi connectivity index (χ2n) is 4.64. The van der Waals surface area contributed by atoms with Gasteiger partial charge in [0.2, 0.25) is 5.91 Å². The topological polar surface area (TPSA) is 46.6 Å². The second-order valence-corrected chi connectivity index (χ2v) is 5.56. The van der Waals surface area contributed by atoms with Crippen molar-refractivity contribution < 1.29 is 14.3 Å². The van der Waals surface area contributed by atoms with Crippen LogP contribution in [0.4, 0.5) is 0 Å². The van der Waals surface area contributed by atoms with E-state index in [1.165, 1.54) is 12.7 Å². The molecule has 0 N–H and O–H groups in total. The molecular weight excluding hydrogens is 310 g/mol. The molecule has 1 aliphatic heterocycles. The van der Waals surface area contributed by atoms with Crippen LogP contribution in [0, 0.1) is 5.92 Å². The summed E-state index contributed by atoms with van der Waals surface area (Å²) in [4.78, 5) is 25.0. The minimum Gasteiger partial charge on any atom is -0.469 e. The normalized spacial score (nSPS) is 18.7. The van der Waals surface area contributed by atoms with E-state index in [4.69, 9.17) is 0 Å². The van der Waals surface area contributed by atoms with E-state index in [2.05, 4.69) is 20.7 Å². The predicted molar refractivity (Wildman–Crippen MR) is 74.5 cm³/mol. The first-order chi connectivity index (χ1) is 9.10. The summed E-state index contributed by atoms with van der Waals surface area (Å²) in [6.07, 6.45) is 1.06. The first-order valence-electron chi connectivity index (χ1n) is 6.20. The number of esters is 1. The second kappa shape index (κ2) is 6.19. The van der Waals surface area contributed by atoms with Gasteiger partial charge in [0, 0.05) is 24.0 Å². The van der Waals surface area contributed by atoms with Gasteiger partial charge in [0.25, 0.3) is 0 Å². The number of amides is 1. The van der Waals surface area contributed by atoms with Gasteiger partial charge in [-0.05, 0) is 24.1 Å². The van der Waals surface area contributed by atoms with Gasteiger partial charge in [-0.3, -0.25) is 9.59 Å². The number of ether oxygens (including phenoxy) is 1. The molecule has 1 atom stereocenters. The Bertz CT molecular complexity index is 489. The first kappa shape index (κ1) is 14.1. The fourth-order valence-electron chi connectivity index (χ4n) is 2.27. The molecule has 0 radical (unpaired) electrons. The predicted octanol–water partition coefficient (Wildman–Crippen LogP) is 2.01. The van der Waals surface area contributed by atoms with Gasteiger partial charge >= 0.3 is 5.97 Å². The summed E-state index contributed by atoms with van der Waals surface area (Å²) in [5.41, 5.74) is 1.17. The fraction of sp³-hybridized carbons (Fsp3) is 0.429. The summed E-state index contributed by atoms with van der Waals surface area (Å²) in [6.45, 7) is 1.11. The van der Waals surface area contributed by atoms with Crippen LogP contribution >= 0.6 is 15.9 Å². The van der Waals surface area contributed by atoms with Gasteiger partial charge < -0.3 is 9.64 Å². The Labute approximate surface area is 120 Å². The van der Waals surface area contributed by atoms with Crippen molar-refractivity contribution in [1.29, 1.82) is 0 Å². The third kappa shape index (κ3) is 3.56. The van der Waals surface area contributed by atoms with Gasteiger partial charge in [0.1, 0.15) is 0 Å². The van der Waals surface area contributed by atoms with Crippen molar-refractivity contribution in [2.24, 2.45) is 5.92 Å². The van der Waals surface area contributed by atoms with E-state index < -0.39 is 0 Å². The van der Waals surface area contributed by atoms with Crippen LogP contribution in [0.25, 0.3) is 0 Å². The molecule has 1 heterocycles. The molecule has 0 saturated carbocycles. The highest BCUT2D eigenvalue weighted by molar-refractivity contribution is 9.10. The number of carbonyl (C=O) groups is 2. The van der Waals surface area contributed by atoms with E-state index >= 15 is 0 Å². The SMILES string of the molecule is COC(=O)C1CC(=O)N(CCc2cccc(Br)c2)C1. The zero-order valence-electron chi connectivity index (χ0n) is 10.8. The molecule has 5 heteroatoms. The lowest BCUT2D eigenvalue weighted by Crippen LogP contribution is -2.28. The van der Waals surface area contributed by atoms with E-state index in [-0.39, 0.29) is 24.2 Å². The van der Waals surface area contributed by atoms with Crippen LogP contribution in [0.5, 0.6) is 0 Å². The van der Waals surface area contributed by atoms with Crippen molar-refractivity contribution in [1.82, 2.24) is 4.90 Å². The lowest BCUT2D eigenvalue weighted by Gasteiger charge is -2.16. The van der Waals surface area contributed by atoms with Crippen LogP contribution in [0.15, 0.2) is 28.7 Å². The lowest BCUT2D eigenvalue weighted by atomic mass is 10.1.